The summed E-state index contributed by atoms with van der Waals surface area (Å²) >= 11 is 0. The summed E-state index contributed by atoms with van der Waals surface area (Å²) in [5.41, 5.74) is 4.26. The summed E-state index contributed by atoms with van der Waals surface area (Å²) in [5, 5.41) is 0. The van der Waals surface area contributed by atoms with Gasteiger partial charge in [0.2, 0.25) is 0 Å². The van der Waals surface area contributed by atoms with Crippen LogP contribution in [0.2, 0.25) is 0 Å². The number of hydrogen-bond donors (Lipinski definition) is 0. The lowest BCUT2D eigenvalue weighted by Crippen LogP contribution is -2.19. The van der Waals surface area contributed by atoms with Crippen molar-refractivity contribution in [1.29, 1.82) is 0 Å². The van der Waals surface area contributed by atoms with E-state index < -0.39 is 0 Å². The number of rotatable bonds is 12. The Labute approximate surface area is 193 Å². The van der Waals surface area contributed by atoms with Gasteiger partial charge in [-0.3, -0.25) is 4.79 Å². The van der Waals surface area contributed by atoms with Crippen LogP contribution in [0.5, 0.6) is 11.5 Å². The zero-order valence-electron chi connectivity index (χ0n) is 20.5. The van der Waals surface area contributed by atoms with Crippen molar-refractivity contribution in [2.75, 3.05) is 7.11 Å². The molecule has 0 radical (unpaired) electrons. The van der Waals surface area contributed by atoms with Crippen molar-refractivity contribution in [3.8, 4) is 11.5 Å². The van der Waals surface area contributed by atoms with Gasteiger partial charge in [0.15, 0.2) is 0 Å². The predicted molar refractivity (Wildman–Crippen MR) is 130 cm³/mol. The molecule has 0 saturated heterocycles. The lowest BCUT2D eigenvalue weighted by Gasteiger charge is -2.27. The van der Waals surface area contributed by atoms with Gasteiger partial charge in [0.05, 0.1) is 7.11 Å². The number of methoxy groups -OCH3 is 1. The lowest BCUT2D eigenvalue weighted by atomic mass is 9.77. The van der Waals surface area contributed by atoms with Gasteiger partial charge in [-0.1, -0.05) is 57.4 Å². The van der Waals surface area contributed by atoms with Crippen LogP contribution in [-0.2, 0) is 15.0 Å². The third-order valence-electron chi connectivity index (χ3n) is 6.15. The monoisotopic (exact) mass is 438 g/mol. The molecule has 0 aliphatic heterocycles. The first kappa shape index (κ1) is 25.6. The minimum atomic E-state index is -0.188. The zero-order chi connectivity index (χ0) is 23.7. The Morgan fingerprint density at radius 3 is 1.78 bits per heavy atom. The van der Waals surface area contributed by atoms with Crippen LogP contribution in [0.3, 0.4) is 0 Å². The van der Waals surface area contributed by atoms with Gasteiger partial charge in [-0.25, -0.2) is 0 Å². The summed E-state index contributed by atoms with van der Waals surface area (Å²) < 4.78 is 11.0. The second-order valence-electron chi connectivity index (χ2n) is 9.23. The first-order chi connectivity index (χ1) is 15.1. The molecule has 32 heavy (non-hydrogen) atoms. The van der Waals surface area contributed by atoms with Crippen LogP contribution in [-0.4, -0.2) is 18.9 Å². The van der Waals surface area contributed by atoms with E-state index in [9.17, 15) is 9.59 Å². The predicted octanol–water partition coefficient (Wildman–Crippen LogP) is 6.86. The van der Waals surface area contributed by atoms with Crippen molar-refractivity contribution in [3.63, 3.8) is 0 Å². The molecule has 2 aromatic rings. The van der Waals surface area contributed by atoms with E-state index in [4.69, 9.17) is 9.47 Å². The molecular weight excluding hydrogens is 400 g/mol. The molecule has 2 rings (SSSR count). The highest BCUT2D eigenvalue weighted by Gasteiger charge is 2.24. The maximum Gasteiger partial charge on any atom is 0.311 e. The number of ether oxygens (including phenoxy) is 2. The fourth-order valence-corrected chi connectivity index (χ4v) is 3.93. The minimum absolute atomic E-state index is 0.186. The van der Waals surface area contributed by atoms with Crippen LogP contribution in [0.15, 0.2) is 36.4 Å². The summed E-state index contributed by atoms with van der Waals surface area (Å²) in [5.74, 6) is 1.58. The number of benzene rings is 2. The van der Waals surface area contributed by atoms with Crippen molar-refractivity contribution < 1.29 is 19.1 Å². The molecule has 4 nitrogen and oxygen atoms in total. The summed E-state index contributed by atoms with van der Waals surface area (Å²) in [6.07, 6.45) is 5.92. The van der Waals surface area contributed by atoms with E-state index in [1.807, 2.05) is 25.1 Å². The molecule has 0 aliphatic rings. The number of unbranched alkanes of at least 4 members (excludes halogenated alkanes) is 4. The van der Waals surface area contributed by atoms with Gasteiger partial charge in [-0.15, -0.1) is 0 Å². The van der Waals surface area contributed by atoms with Crippen LogP contribution in [0.4, 0.5) is 0 Å². The second-order valence-corrected chi connectivity index (χ2v) is 9.23. The van der Waals surface area contributed by atoms with Crippen molar-refractivity contribution >= 4 is 11.8 Å². The van der Waals surface area contributed by atoms with Gasteiger partial charge in [0.25, 0.3) is 0 Å². The highest BCUT2D eigenvalue weighted by Crippen LogP contribution is 2.35. The van der Waals surface area contributed by atoms with Crippen LogP contribution < -0.4 is 9.47 Å². The van der Waals surface area contributed by atoms with Crippen molar-refractivity contribution in [2.45, 2.75) is 85.0 Å². The Hall–Kier alpha value is -2.62. The van der Waals surface area contributed by atoms with Crippen LogP contribution in [0.25, 0.3) is 0 Å². The number of hydrogen-bond acceptors (Lipinski definition) is 4. The Balaban J connectivity index is 1.93. The molecule has 0 saturated carbocycles. The van der Waals surface area contributed by atoms with Crippen LogP contribution >= 0.6 is 0 Å². The smallest absolute Gasteiger partial charge is 0.311 e. The molecule has 0 unspecified atom stereocenters. The quantitative estimate of drug-likeness (QED) is 0.206. The van der Waals surface area contributed by atoms with Crippen LogP contribution in [0, 0.1) is 13.8 Å². The molecule has 0 aromatic heterocycles. The minimum Gasteiger partial charge on any atom is -0.496 e. The topological polar surface area (TPSA) is 52.6 Å². The first-order valence-electron chi connectivity index (χ1n) is 11.6. The van der Waals surface area contributed by atoms with Crippen molar-refractivity contribution in [1.82, 2.24) is 0 Å². The third kappa shape index (κ3) is 7.22. The number of carbonyl (C=O) groups is 2. The average Bonchev–Trinajstić information content (AvgIpc) is 2.74. The summed E-state index contributed by atoms with van der Waals surface area (Å²) in [6, 6.07) is 12.3. The molecule has 174 valence electrons. The molecule has 0 fully saturated rings. The van der Waals surface area contributed by atoms with Crippen LogP contribution in [0.1, 0.15) is 88.0 Å². The zero-order valence-corrected chi connectivity index (χ0v) is 20.5. The average molecular weight is 439 g/mol. The standard InChI is InChI=1S/C28H38O4/c1-20-18-23(14-16-25(20)31-6)28(4,5)24-15-17-26(21(2)19-24)32-27(30)13-11-9-7-8-10-12-22(3)29/h14-19H,7-13H2,1-6H3. The Kier molecular flexibility index (Phi) is 9.49. The SMILES string of the molecule is COc1ccc(C(C)(C)c2ccc(OC(=O)CCCCCCCC(C)=O)c(C)c2)cc1C. The molecule has 0 heterocycles. The highest BCUT2D eigenvalue weighted by atomic mass is 16.5. The van der Waals surface area contributed by atoms with E-state index in [0.717, 1.165) is 49.0 Å². The molecule has 0 spiro atoms. The second kappa shape index (κ2) is 11.8. The molecule has 0 bridgehead atoms. The molecule has 0 amide bonds. The van der Waals surface area contributed by atoms with E-state index >= 15 is 0 Å². The van der Waals surface area contributed by atoms with E-state index in [-0.39, 0.29) is 17.2 Å². The molecule has 0 atom stereocenters. The molecular formula is C28H38O4. The number of esters is 1. The Bertz CT molecular complexity index is 927. The van der Waals surface area contributed by atoms with E-state index in [0.29, 0.717) is 18.6 Å². The molecule has 2 aromatic carbocycles. The number of aryl methyl sites for hydroxylation is 2. The first-order valence-corrected chi connectivity index (χ1v) is 11.6. The van der Waals surface area contributed by atoms with E-state index in [1.54, 1.807) is 14.0 Å². The number of carbonyl (C=O) groups excluding carboxylic acids is 2. The number of Topliss-reactive ketones (excluding diaryl/α,β-unsaturated/α-hetero) is 1. The molecule has 0 N–H and O–H groups in total. The van der Waals surface area contributed by atoms with Gasteiger partial charge < -0.3 is 14.3 Å². The highest BCUT2D eigenvalue weighted by molar-refractivity contribution is 5.75. The summed E-state index contributed by atoms with van der Waals surface area (Å²) in [7, 11) is 1.69. The normalized spacial score (nSPS) is 11.3. The maximum absolute atomic E-state index is 12.3. The third-order valence-corrected chi connectivity index (χ3v) is 6.15. The summed E-state index contributed by atoms with van der Waals surface area (Å²) in [4.78, 5) is 23.2. The largest absolute Gasteiger partial charge is 0.496 e. The van der Waals surface area contributed by atoms with Gasteiger partial charge in [-0.05, 0) is 68.0 Å². The molecule has 4 heteroatoms. The van der Waals surface area contributed by atoms with Gasteiger partial charge in [-0.2, -0.15) is 0 Å². The fraction of sp³-hybridized carbons (Fsp3) is 0.500. The van der Waals surface area contributed by atoms with Gasteiger partial charge >= 0.3 is 5.97 Å². The van der Waals surface area contributed by atoms with Gasteiger partial charge in [0.1, 0.15) is 17.3 Å². The maximum atomic E-state index is 12.3. The Morgan fingerprint density at radius 1 is 0.781 bits per heavy atom. The number of ketones is 1. The molecule has 0 aliphatic carbocycles. The van der Waals surface area contributed by atoms with Crippen molar-refractivity contribution in [2.24, 2.45) is 0 Å². The van der Waals surface area contributed by atoms with Crippen molar-refractivity contribution in [3.05, 3.63) is 58.7 Å². The van der Waals surface area contributed by atoms with E-state index in [1.165, 1.54) is 11.1 Å². The summed E-state index contributed by atoms with van der Waals surface area (Å²) in [6.45, 7) is 10.1. The fourth-order valence-electron chi connectivity index (χ4n) is 3.93. The Morgan fingerprint density at radius 2 is 1.28 bits per heavy atom. The van der Waals surface area contributed by atoms with Gasteiger partial charge in [0, 0.05) is 18.3 Å². The lowest BCUT2D eigenvalue weighted by molar-refractivity contribution is -0.134. The van der Waals surface area contributed by atoms with E-state index in [2.05, 4.69) is 39.0 Å².